The second-order valence-corrected chi connectivity index (χ2v) is 7.73. The number of piperazine rings is 1. The van der Waals surface area contributed by atoms with Gasteiger partial charge in [-0.15, -0.1) is 0 Å². The van der Waals surface area contributed by atoms with E-state index in [2.05, 4.69) is 32.7 Å². The van der Waals surface area contributed by atoms with Crippen molar-refractivity contribution in [3.05, 3.63) is 22.8 Å². The third-order valence-electron chi connectivity index (χ3n) is 3.62. The van der Waals surface area contributed by atoms with E-state index in [9.17, 15) is 4.79 Å². The predicted molar refractivity (Wildman–Crippen MR) is 91.1 cm³/mol. The first-order chi connectivity index (χ1) is 10.2. The van der Waals surface area contributed by atoms with Crippen molar-refractivity contribution in [2.24, 2.45) is 0 Å². The van der Waals surface area contributed by atoms with Crippen LogP contribution in [0.25, 0.3) is 0 Å². The summed E-state index contributed by atoms with van der Waals surface area (Å²) in [7, 11) is 0. The molecule has 1 aromatic heterocycles. The maximum absolute atomic E-state index is 12.3. The lowest BCUT2D eigenvalue weighted by molar-refractivity contribution is 0.0130. The molecule has 0 aliphatic carbocycles. The fourth-order valence-electron chi connectivity index (χ4n) is 2.56. The monoisotopic (exact) mass is 369 g/mol. The highest BCUT2D eigenvalue weighted by atomic mass is 79.9. The summed E-state index contributed by atoms with van der Waals surface area (Å²) >= 11 is 3.40. The van der Waals surface area contributed by atoms with Gasteiger partial charge in [-0.1, -0.05) is 0 Å². The SMILES string of the molecule is C[C@@H]1CN(c2ccc(Br)cn2)[C@@H](C)CN1C(=O)OC(C)(C)C. The van der Waals surface area contributed by atoms with Gasteiger partial charge in [-0.2, -0.15) is 0 Å². The standard InChI is InChI=1S/C16H24BrN3O2/c1-11-10-20(15(21)22-16(3,4)5)12(2)9-19(11)14-7-6-13(17)8-18-14/h6-8,11-12H,9-10H2,1-5H3/t11-,12+/m0/s1. The lowest BCUT2D eigenvalue weighted by atomic mass is 10.1. The minimum Gasteiger partial charge on any atom is -0.444 e. The topological polar surface area (TPSA) is 45.7 Å². The third-order valence-corrected chi connectivity index (χ3v) is 4.09. The van der Waals surface area contributed by atoms with Gasteiger partial charge in [0.2, 0.25) is 0 Å². The molecule has 122 valence electrons. The summed E-state index contributed by atoms with van der Waals surface area (Å²) in [6.07, 6.45) is 1.56. The van der Waals surface area contributed by atoms with Crippen LogP contribution in [-0.4, -0.2) is 46.8 Å². The van der Waals surface area contributed by atoms with Gasteiger partial charge in [0.15, 0.2) is 0 Å². The number of aromatic nitrogens is 1. The third kappa shape index (κ3) is 4.12. The van der Waals surface area contributed by atoms with Crippen molar-refractivity contribution < 1.29 is 9.53 Å². The number of carbonyl (C=O) groups is 1. The highest BCUT2D eigenvalue weighted by Crippen LogP contribution is 2.24. The summed E-state index contributed by atoms with van der Waals surface area (Å²) in [6, 6.07) is 4.25. The smallest absolute Gasteiger partial charge is 0.410 e. The molecule has 6 heteroatoms. The molecule has 0 unspecified atom stereocenters. The number of ether oxygens (including phenoxy) is 1. The number of amides is 1. The van der Waals surface area contributed by atoms with Gasteiger partial charge in [0.05, 0.1) is 0 Å². The molecule has 2 atom stereocenters. The van der Waals surface area contributed by atoms with Crippen LogP contribution < -0.4 is 4.90 Å². The largest absolute Gasteiger partial charge is 0.444 e. The summed E-state index contributed by atoms with van der Waals surface area (Å²) in [6.45, 7) is 11.2. The van der Waals surface area contributed by atoms with E-state index in [0.717, 1.165) is 16.8 Å². The lowest BCUT2D eigenvalue weighted by Gasteiger charge is -2.44. The maximum Gasteiger partial charge on any atom is 0.410 e. The Labute approximate surface area is 140 Å². The van der Waals surface area contributed by atoms with E-state index < -0.39 is 5.60 Å². The summed E-state index contributed by atoms with van der Waals surface area (Å²) in [5.74, 6) is 0.936. The van der Waals surface area contributed by atoms with E-state index >= 15 is 0 Å². The van der Waals surface area contributed by atoms with Crippen LogP contribution in [0.15, 0.2) is 22.8 Å². The summed E-state index contributed by atoms with van der Waals surface area (Å²) in [5, 5.41) is 0. The molecule has 0 spiro atoms. The van der Waals surface area contributed by atoms with Crippen LogP contribution in [0.2, 0.25) is 0 Å². The second kappa shape index (κ2) is 6.44. The molecule has 0 saturated carbocycles. The van der Waals surface area contributed by atoms with Crippen molar-refractivity contribution in [2.75, 3.05) is 18.0 Å². The molecule has 2 rings (SSSR count). The second-order valence-electron chi connectivity index (χ2n) is 6.82. The molecule has 0 radical (unpaired) electrons. The number of hydrogen-bond donors (Lipinski definition) is 0. The predicted octanol–water partition coefficient (Wildman–Crippen LogP) is 3.68. The number of hydrogen-bond acceptors (Lipinski definition) is 4. The Kier molecular flexibility index (Phi) is 5.00. The van der Waals surface area contributed by atoms with Crippen LogP contribution >= 0.6 is 15.9 Å². The van der Waals surface area contributed by atoms with E-state index in [4.69, 9.17) is 4.74 Å². The molecule has 0 N–H and O–H groups in total. The van der Waals surface area contributed by atoms with Gasteiger partial charge in [0.25, 0.3) is 0 Å². The summed E-state index contributed by atoms with van der Waals surface area (Å²) in [5.41, 5.74) is -0.468. The van der Waals surface area contributed by atoms with Crippen molar-refractivity contribution in [1.82, 2.24) is 9.88 Å². The minimum absolute atomic E-state index is 0.0801. The van der Waals surface area contributed by atoms with Gasteiger partial charge in [0.1, 0.15) is 11.4 Å². The molecular weight excluding hydrogens is 346 g/mol. The Hall–Kier alpha value is -1.30. The summed E-state index contributed by atoms with van der Waals surface area (Å²) < 4.78 is 6.46. The Morgan fingerprint density at radius 2 is 1.95 bits per heavy atom. The van der Waals surface area contributed by atoms with Crippen LogP contribution in [0.5, 0.6) is 0 Å². The van der Waals surface area contributed by atoms with Gasteiger partial charge in [-0.3, -0.25) is 0 Å². The van der Waals surface area contributed by atoms with Crippen LogP contribution in [0.3, 0.4) is 0 Å². The van der Waals surface area contributed by atoms with Crippen LogP contribution in [0, 0.1) is 0 Å². The highest BCUT2D eigenvalue weighted by molar-refractivity contribution is 9.10. The molecule has 0 bridgehead atoms. The molecule has 1 fully saturated rings. The number of rotatable bonds is 1. The van der Waals surface area contributed by atoms with Crippen molar-refractivity contribution >= 4 is 27.8 Å². The molecular formula is C16H24BrN3O2. The van der Waals surface area contributed by atoms with E-state index in [1.165, 1.54) is 0 Å². The zero-order chi connectivity index (χ0) is 16.5. The Morgan fingerprint density at radius 1 is 1.27 bits per heavy atom. The number of carbonyl (C=O) groups excluding carboxylic acids is 1. The molecule has 5 nitrogen and oxygen atoms in total. The van der Waals surface area contributed by atoms with Gasteiger partial charge in [-0.05, 0) is 62.7 Å². The maximum atomic E-state index is 12.3. The van der Waals surface area contributed by atoms with Crippen LogP contribution in [0.4, 0.5) is 10.6 Å². The number of anilines is 1. The summed E-state index contributed by atoms with van der Waals surface area (Å²) in [4.78, 5) is 20.8. The van der Waals surface area contributed by atoms with E-state index in [1.54, 1.807) is 6.20 Å². The normalized spacial score (nSPS) is 22.6. The van der Waals surface area contributed by atoms with Gasteiger partial charge >= 0.3 is 6.09 Å². The Bertz CT molecular complexity index is 527. The number of pyridine rings is 1. The van der Waals surface area contributed by atoms with Gasteiger partial charge in [-0.25, -0.2) is 9.78 Å². The lowest BCUT2D eigenvalue weighted by Crippen LogP contribution is -2.59. The molecule has 1 aromatic rings. The quantitative estimate of drug-likeness (QED) is 0.757. The van der Waals surface area contributed by atoms with Crippen molar-refractivity contribution in [1.29, 1.82) is 0 Å². The minimum atomic E-state index is -0.468. The van der Waals surface area contributed by atoms with E-state index in [0.29, 0.717) is 6.54 Å². The molecule has 0 aromatic carbocycles. The molecule has 1 aliphatic heterocycles. The van der Waals surface area contributed by atoms with Crippen LogP contribution in [-0.2, 0) is 4.74 Å². The molecule has 2 heterocycles. The molecule has 1 aliphatic rings. The number of halogens is 1. The first-order valence-corrected chi connectivity index (χ1v) is 8.34. The molecule has 1 saturated heterocycles. The van der Waals surface area contributed by atoms with E-state index in [-0.39, 0.29) is 18.2 Å². The zero-order valence-corrected chi connectivity index (χ0v) is 15.4. The zero-order valence-electron chi connectivity index (χ0n) is 13.8. The first-order valence-electron chi connectivity index (χ1n) is 7.55. The van der Waals surface area contributed by atoms with Gasteiger partial charge < -0.3 is 14.5 Å². The Balaban J connectivity index is 2.08. The first kappa shape index (κ1) is 17.1. The average Bonchev–Trinajstić information content (AvgIpc) is 2.40. The molecule has 1 amide bonds. The average molecular weight is 370 g/mol. The molecule has 22 heavy (non-hydrogen) atoms. The highest BCUT2D eigenvalue weighted by Gasteiger charge is 2.34. The fourth-order valence-corrected chi connectivity index (χ4v) is 2.79. The van der Waals surface area contributed by atoms with E-state index in [1.807, 2.05) is 44.7 Å². The Morgan fingerprint density at radius 3 is 2.50 bits per heavy atom. The van der Waals surface area contributed by atoms with Gasteiger partial charge in [0, 0.05) is 35.8 Å². The van der Waals surface area contributed by atoms with Crippen molar-refractivity contribution in [3.63, 3.8) is 0 Å². The van der Waals surface area contributed by atoms with Crippen molar-refractivity contribution in [2.45, 2.75) is 52.3 Å². The van der Waals surface area contributed by atoms with Crippen LogP contribution in [0.1, 0.15) is 34.6 Å². The fraction of sp³-hybridized carbons (Fsp3) is 0.625. The number of nitrogens with zero attached hydrogens (tertiary/aromatic N) is 3. The van der Waals surface area contributed by atoms with Crippen molar-refractivity contribution in [3.8, 4) is 0 Å².